The monoisotopic (exact) mass is 480 g/mol. The fourth-order valence-corrected chi connectivity index (χ4v) is 4.48. The maximum Gasteiger partial charge on any atom is 0.299 e. The lowest BCUT2D eigenvalue weighted by Gasteiger charge is -2.33. The Bertz CT molecular complexity index is 1490. The largest absolute Gasteiger partial charge is 0.382 e. The molecule has 10 nitrogen and oxygen atoms in total. The molecule has 1 aliphatic heterocycles. The second kappa shape index (κ2) is 9.84. The summed E-state index contributed by atoms with van der Waals surface area (Å²) in [4.78, 5) is 44.2. The van der Waals surface area contributed by atoms with Crippen LogP contribution in [0.1, 0.15) is 48.4 Å². The number of imidazole rings is 1. The highest BCUT2D eigenvalue weighted by atomic mass is 16.2. The maximum atomic E-state index is 12.7. The van der Waals surface area contributed by atoms with Gasteiger partial charge in [-0.25, -0.2) is 19.9 Å². The summed E-state index contributed by atoms with van der Waals surface area (Å²) in [6.07, 6.45) is 9.04. The van der Waals surface area contributed by atoms with Crippen molar-refractivity contribution < 1.29 is 9.59 Å². The summed E-state index contributed by atoms with van der Waals surface area (Å²) in [5.74, 6) is 6.34. The smallest absolute Gasteiger partial charge is 0.299 e. The third kappa shape index (κ3) is 4.34. The van der Waals surface area contributed by atoms with Crippen molar-refractivity contribution in [2.24, 2.45) is 0 Å². The van der Waals surface area contributed by atoms with Gasteiger partial charge in [-0.3, -0.25) is 14.0 Å². The van der Waals surface area contributed by atoms with Gasteiger partial charge in [0.1, 0.15) is 35.0 Å². The number of hydrogen-bond donors (Lipinski definition) is 2. The van der Waals surface area contributed by atoms with Gasteiger partial charge in [-0.05, 0) is 50.3 Å². The summed E-state index contributed by atoms with van der Waals surface area (Å²) in [7, 11) is 0. The molecule has 10 heteroatoms. The lowest BCUT2D eigenvalue weighted by atomic mass is 10.0. The second-order valence-electron chi connectivity index (χ2n) is 8.36. The summed E-state index contributed by atoms with van der Waals surface area (Å²) in [6.45, 7) is 2.28. The lowest BCUT2D eigenvalue weighted by Crippen LogP contribution is -2.38. The van der Waals surface area contributed by atoms with E-state index in [0.29, 0.717) is 40.8 Å². The van der Waals surface area contributed by atoms with Crippen LogP contribution in [0.15, 0.2) is 55.2 Å². The average molecular weight is 481 g/mol. The zero-order chi connectivity index (χ0) is 25.1. The average Bonchev–Trinajstić information content (AvgIpc) is 3.30. The molecular formula is C26H24N8O2. The molecule has 3 aromatic heterocycles. The number of carbonyl (C=O) groups excluding carboxylic acids is 2. The first kappa shape index (κ1) is 23.0. The topological polar surface area (TPSA) is 131 Å². The van der Waals surface area contributed by atoms with E-state index in [1.165, 1.54) is 6.33 Å². The third-order valence-corrected chi connectivity index (χ3v) is 6.15. The molecule has 1 fully saturated rings. The molecule has 1 aliphatic rings. The Morgan fingerprint density at radius 1 is 1.11 bits per heavy atom. The molecule has 5 rings (SSSR count). The number of hydrogen-bond acceptors (Lipinski definition) is 7. The van der Waals surface area contributed by atoms with Crippen molar-refractivity contribution in [2.45, 2.75) is 32.2 Å². The number of benzene rings is 1. The number of rotatable bonds is 4. The Labute approximate surface area is 207 Å². The molecule has 180 valence electrons. The molecular weight excluding hydrogens is 456 g/mol. The van der Waals surface area contributed by atoms with Crippen molar-refractivity contribution in [1.82, 2.24) is 29.2 Å². The number of aromatic nitrogens is 5. The van der Waals surface area contributed by atoms with E-state index in [1.54, 1.807) is 42.4 Å². The molecule has 0 spiro atoms. The molecule has 36 heavy (non-hydrogen) atoms. The van der Waals surface area contributed by atoms with Gasteiger partial charge in [0.25, 0.3) is 11.8 Å². The number of fused-ring (bicyclic) bond motifs is 1. The van der Waals surface area contributed by atoms with Crippen molar-refractivity contribution in [3.63, 3.8) is 0 Å². The molecule has 3 N–H and O–H groups in total. The van der Waals surface area contributed by atoms with E-state index in [1.807, 2.05) is 22.7 Å². The lowest BCUT2D eigenvalue weighted by molar-refractivity contribution is -0.129. The Balaban J connectivity index is 1.52. The summed E-state index contributed by atoms with van der Waals surface area (Å²) in [6, 6.07) is 8.46. The van der Waals surface area contributed by atoms with Crippen molar-refractivity contribution in [3.05, 3.63) is 66.6 Å². The van der Waals surface area contributed by atoms with Crippen LogP contribution in [-0.2, 0) is 4.79 Å². The minimum Gasteiger partial charge on any atom is -0.382 e. The summed E-state index contributed by atoms with van der Waals surface area (Å²) >= 11 is 0. The number of nitrogens with zero attached hydrogens (tertiary/aromatic N) is 6. The van der Waals surface area contributed by atoms with E-state index in [2.05, 4.69) is 32.1 Å². The van der Waals surface area contributed by atoms with Gasteiger partial charge in [-0.2, -0.15) is 0 Å². The number of nitrogens with two attached hydrogens (primary N) is 1. The molecule has 0 bridgehead atoms. The molecule has 2 amide bonds. The number of anilines is 2. The molecule has 4 heterocycles. The second-order valence-corrected chi connectivity index (χ2v) is 8.36. The van der Waals surface area contributed by atoms with E-state index >= 15 is 0 Å². The van der Waals surface area contributed by atoms with E-state index in [0.717, 1.165) is 24.8 Å². The molecule has 0 radical (unpaired) electrons. The van der Waals surface area contributed by atoms with Crippen LogP contribution in [0.2, 0.25) is 0 Å². The molecule has 1 aromatic carbocycles. The highest BCUT2D eigenvalue weighted by molar-refractivity contribution is 6.04. The van der Waals surface area contributed by atoms with Gasteiger partial charge in [0.15, 0.2) is 0 Å². The van der Waals surface area contributed by atoms with Crippen LogP contribution in [0.4, 0.5) is 11.6 Å². The zero-order valence-electron chi connectivity index (χ0n) is 19.7. The predicted octanol–water partition coefficient (Wildman–Crippen LogP) is 3.10. The van der Waals surface area contributed by atoms with Gasteiger partial charge in [0.05, 0.1) is 6.04 Å². The number of likely N-dealkylation sites (tertiary alicyclic amines) is 1. The van der Waals surface area contributed by atoms with Crippen LogP contribution in [0.3, 0.4) is 0 Å². The molecule has 4 aromatic rings. The van der Waals surface area contributed by atoms with E-state index in [-0.39, 0.29) is 17.9 Å². The minimum absolute atomic E-state index is 0.207. The van der Waals surface area contributed by atoms with Gasteiger partial charge in [0, 0.05) is 36.3 Å². The Morgan fingerprint density at radius 2 is 1.94 bits per heavy atom. The van der Waals surface area contributed by atoms with Crippen LogP contribution < -0.4 is 11.1 Å². The van der Waals surface area contributed by atoms with Gasteiger partial charge < -0.3 is 16.0 Å². The van der Waals surface area contributed by atoms with Crippen LogP contribution in [-0.4, -0.2) is 47.6 Å². The molecule has 0 aliphatic carbocycles. The van der Waals surface area contributed by atoms with Gasteiger partial charge in [-0.1, -0.05) is 18.1 Å². The van der Waals surface area contributed by atoms with Gasteiger partial charge >= 0.3 is 0 Å². The first-order valence-corrected chi connectivity index (χ1v) is 11.6. The van der Waals surface area contributed by atoms with Crippen molar-refractivity contribution in [2.75, 3.05) is 17.6 Å². The fraction of sp³-hybridized carbons (Fsp3) is 0.231. The maximum absolute atomic E-state index is 12.7. The Hall–Kier alpha value is -4.78. The van der Waals surface area contributed by atoms with E-state index in [4.69, 9.17) is 10.7 Å². The summed E-state index contributed by atoms with van der Waals surface area (Å²) in [5.41, 5.74) is 8.83. The first-order chi connectivity index (χ1) is 17.6. The highest BCUT2D eigenvalue weighted by Crippen LogP contribution is 2.35. The highest BCUT2D eigenvalue weighted by Gasteiger charge is 2.32. The van der Waals surface area contributed by atoms with Crippen LogP contribution in [0.5, 0.6) is 0 Å². The number of nitrogen functional groups attached to an aromatic ring is 1. The number of carbonyl (C=O) groups is 2. The molecule has 1 unspecified atom stereocenters. The number of nitrogens with one attached hydrogen (secondary N) is 1. The minimum atomic E-state index is -0.287. The zero-order valence-corrected chi connectivity index (χ0v) is 19.7. The standard InChI is InChI=1S/C26H24N8O2/c1-2-5-21(35)33-14-4-3-6-19(33)25-32-22(23-24(27)29-13-15-34(23)25)17-7-9-18(10-8-17)26(36)31-20-11-12-28-16-30-20/h7-13,15-16,19H,3-4,6,14H2,1H3,(H2,27,29)(H,28,30,31,36). The summed E-state index contributed by atoms with van der Waals surface area (Å²) in [5, 5.41) is 2.74. The number of amides is 2. The van der Waals surface area contributed by atoms with Gasteiger partial charge in [0.2, 0.25) is 0 Å². The first-order valence-electron chi connectivity index (χ1n) is 11.6. The van der Waals surface area contributed by atoms with Crippen LogP contribution in [0, 0.1) is 11.8 Å². The quantitative estimate of drug-likeness (QED) is 0.429. The molecule has 1 saturated heterocycles. The van der Waals surface area contributed by atoms with E-state index < -0.39 is 0 Å². The van der Waals surface area contributed by atoms with Crippen LogP contribution >= 0.6 is 0 Å². The van der Waals surface area contributed by atoms with Crippen molar-refractivity contribution in [3.8, 4) is 23.1 Å². The molecule has 1 atom stereocenters. The summed E-state index contributed by atoms with van der Waals surface area (Å²) < 4.78 is 1.91. The SMILES string of the molecule is CC#CC(=O)N1CCCCC1c1nc(-c2ccc(C(=O)Nc3ccncn3)cc2)c2c(N)nccn12. The van der Waals surface area contributed by atoms with E-state index in [9.17, 15) is 9.59 Å². The van der Waals surface area contributed by atoms with Crippen molar-refractivity contribution >= 4 is 29.0 Å². The van der Waals surface area contributed by atoms with Crippen molar-refractivity contribution in [1.29, 1.82) is 0 Å². The van der Waals surface area contributed by atoms with Gasteiger partial charge in [-0.15, -0.1) is 0 Å². The predicted molar refractivity (Wildman–Crippen MR) is 135 cm³/mol. The van der Waals surface area contributed by atoms with Crippen LogP contribution in [0.25, 0.3) is 16.8 Å². The normalized spacial score (nSPS) is 15.2. The fourth-order valence-electron chi connectivity index (χ4n) is 4.48. The Morgan fingerprint density at radius 3 is 2.69 bits per heavy atom. The Kier molecular flexibility index (Phi) is 6.28. The number of piperidine rings is 1. The molecule has 0 saturated carbocycles. The third-order valence-electron chi connectivity index (χ3n) is 6.15.